The molecule has 2 aromatic rings. The molecule has 0 saturated heterocycles. The van der Waals surface area contributed by atoms with Gasteiger partial charge in [0.2, 0.25) is 5.88 Å². The standard InChI is InChI=1S/C13H14N2O2/c1-8-2-3-10-6-9(4-5-12(10)16-8)11-7-13(14)17-15-11/h4-8H,2-3,14H2,1H3. The summed E-state index contributed by atoms with van der Waals surface area (Å²) in [5, 5.41) is 3.91. The van der Waals surface area contributed by atoms with Crippen molar-refractivity contribution in [2.24, 2.45) is 0 Å². The SMILES string of the molecule is CC1CCc2cc(-c3cc(N)on3)ccc2O1. The fourth-order valence-electron chi connectivity index (χ4n) is 2.11. The van der Waals surface area contributed by atoms with Crippen molar-refractivity contribution in [3.8, 4) is 17.0 Å². The van der Waals surface area contributed by atoms with Crippen molar-refractivity contribution in [1.82, 2.24) is 5.16 Å². The van der Waals surface area contributed by atoms with Crippen LogP contribution in [0.2, 0.25) is 0 Å². The lowest BCUT2D eigenvalue weighted by atomic mass is 9.99. The largest absolute Gasteiger partial charge is 0.490 e. The Morgan fingerprint density at radius 1 is 1.35 bits per heavy atom. The number of nitrogens with two attached hydrogens (primary N) is 1. The van der Waals surface area contributed by atoms with Crippen molar-refractivity contribution in [2.75, 3.05) is 5.73 Å². The fourth-order valence-corrected chi connectivity index (χ4v) is 2.11. The highest BCUT2D eigenvalue weighted by Gasteiger charge is 2.17. The van der Waals surface area contributed by atoms with E-state index in [9.17, 15) is 0 Å². The zero-order valence-electron chi connectivity index (χ0n) is 9.64. The smallest absolute Gasteiger partial charge is 0.222 e. The van der Waals surface area contributed by atoms with Gasteiger partial charge in [-0.15, -0.1) is 0 Å². The maximum Gasteiger partial charge on any atom is 0.222 e. The predicted molar refractivity (Wildman–Crippen MR) is 64.8 cm³/mol. The van der Waals surface area contributed by atoms with E-state index in [-0.39, 0.29) is 0 Å². The van der Waals surface area contributed by atoms with Gasteiger partial charge in [-0.05, 0) is 43.5 Å². The molecule has 0 fully saturated rings. The molecule has 3 rings (SSSR count). The molecule has 17 heavy (non-hydrogen) atoms. The lowest BCUT2D eigenvalue weighted by Crippen LogP contribution is -2.18. The Bertz CT molecular complexity index is 548. The number of hydrogen-bond acceptors (Lipinski definition) is 4. The summed E-state index contributed by atoms with van der Waals surface area (Å²) in [5.41, 5.74) is 8.53. The number of aromatic nitrogens is 1. The minimum Gasteiger partial charge on any atom is -0.490 e. The molecule has 1 unspecified atom stereocenters. The Balaban J connectivity index is 1.98. The number of aryl methyl sites for hydroxylation is 1. The zero-order chi connectivity index (χ0) is 11.8. The highest BCUT2D eigenvalue weighted by molar-refractivity contribution is 5.63. The summed E-state index contributed by atoms with van der Waals surface area (Å²) in [7, 11) is 0. The second kappa shape index (κ2) is 3.80. The third-order valence-electron chi connectivity index (χ3n) is 3.03. The molecule has 1 aliphatic rings. The lowest BCUT2D eigenvalue weighted by Gasteiger charge is -2.23. The summed E-state index contributed by atoms with van der Waals surface area (Å²) in [4.78, 5) is 0. The van der Waals surface area contributed by atoms with Crippen LogP contribution < -0.4 is 10.5 Å². The third-order valence-corrected chi connectivity index (χ3v) is 3.03. The highest BCUT2D eigenvalue weighted by Crippen LogP contribution is 2.31. The molecule has 0 spiro atoms. The molecule has 0 bridgehead atoms. The molecule has 88 valence electrons. The summed E-state index contributed by atoms with van der Waals surface area (Å²) >= 11 is 0. The van der Waals surface area contributed by atoms with Gasteiger partial charge >= 0.3 is 0 Å². The van der Waals surface area contributed by atoms with E-state index in [0.717, 1.165) is 29.8 Å². The van der Waals surface area contributed by atoms with E-state index in [1.54, 1.807) is 6.07 Å². The average Bonchev–Trinajstić information content (AvgIpc) is 2.75. The molecule has 1 aromatic heterocycles. The molecule has 1 aromatic carbocycles. The molecular weight excluding hydrogens is 216 g/mol. The van der Waals surface area contributed by atoms with Gasteiger partial charge in [-0.1, -0.05) is 5.16 Å². The summed E-state index contributed by atoms with van der Waals surface area (Å²) in [5.74, 6) is 1.31. The van der Waals surface area contributed by atoms with Gasteiger partial charge in [0.25, 0.3) is 0 Å². The van der Waals surface area contributed by atoms with E-state index < -0.39 is 0 Å². The summed E-state index contributed by atoms with van der Waals surface area (Å²) in [6, 6.07) is 7.80. The Labute approximate surface area is 99.4 Å². The molecule has 4 nitrogen and oxygen atoms in total. The van der Waals surface area contributed by atoms with Crippen molar-refractivity contribution < 1.29 is 9.26 Å². The number of nitrogens with zero attached hydrogens (tertiary/aromatic N) is 1. The van der Waals surface area contributed by atoms with Gasteiger partial charge in [0, 0.05) is 11.6 Å². The first-order valence-corrected chi connectivity index (χ1v) is 5.74. The molecule has 0 amide bonds. The molecule has 2 N–H and O–H groups in total. The van der Waals surface area contributed by atoms with Crippen LogP contribution in [0.5, 0.6) is 5.75 Å². The maximum absolute atomic E-state index is 5.76. The first kappa shape index (κ1) is 10.2. The van der Waals surface area contributed by atoms with Gasteiger partial charge in [-0.25, -0.2) is 0 Å². The number of benzene rings is 1. The van der Waals surface area contributed by atoms with Gasteiger partial charge in [0.1, 0.15) is 11.4 Å². The van der Waals surface area contributed by atoms with Crippen LogP contribution >= 0.6 is 0 Å². The number of fused-ring (bicyclic) bond motifs is 1. The fraction of sp³-hybridized carbons (Fsp3) is 0.308. The van der Waals surface area contributed by atoms with E-state index >= 15 is 0 Å². The molecule has 4 heteroatoms. The summed E-state index contributed by atoms with van der Waals surface area (Å²) in [6.45, 7) is 2.09. The van der Waals surface area contributed by atoms with Crippen LogP contribution in [0, 0.1) is 0 Å². The van der Waals surface area contributed by atoms with E-state index in [1.807, 2.05) is 12.1 Å². The van der Waals surface area contributed by atoms with Crippen molar-refractivity contribution >= 4 is 5.88 Å². The lowest BCUT2D eigenvalue weighted by molar-refractivity contribution is 0.192. The van der Waals surface area contributed by atoms with E-state index in [4.69, 9.17) is 15.0 Å². The first-order valence-electron chi connectivity index (χ1n) is 5.74. The van der Waals surface area contributed by atoms with Crippen LogP contribution in [-0.2, 0) is 6.42 Å². The topological polar surface area (TPSA) is 61.3 Å². The van der Waals surface area contributed by atoms with Crippen LogP contribution in [0.15, 0.2) is 28.8 Å². The van der Waals surface area contributed by atoms with Crippen molar-refractivity contribution in [3.05, 3.63) is 29.8 Å². The van der Waals surface area contributed by atoms with Crippen LogP contribution in [-0.4, -0.2) is 11.3 Å². The Kier molecular flexibility index (Phi) is 2.28. The summed E-state index contributed by atoms with van der Waals surface area (Å²) < 4.78 is 10.6. The number of anilines is 1. The minimum absolute atomic E-state index is 0.302. The van der Waals surface area contributed by atoms with Crippen molar-refractivity contribution in [2.45, 2.75) is 25.9 Å². The minimum atomic E-state index is 0.302. The quantitative estimate of drug-likeness (QED) is 0.818. The predicted octanol–water partition coefficient (Wildman–Crippen LogP) is 2.64. The number of ether oxygens (including phenoxy) is 1. The Morgan fingerprint density at radius 3 is 3.00 bits per heavy atom. The van der Waals surface area contributed by atoms with Crippen molar-refractivity contribution in [3.63, 3.8) is 0 Å². The van der Waals surface area contributed by atoms with Gasteiger partial charge in [-0.3, -0.25) is 0 Å². The van der Waals surface area contributed by atoms with Crippen LogP contribution in [0.25, 0.3) is 11.3 Å². The van der Waals surface area contributed by atoms with E-state index in [0.29, 0.717) is 12.0 Å². The third kappa shape index (κ3) is 1.86. The molecule has 1 aliphatic heterocycles. The van der Waals surface area contributed by atoms with Gasteiger partial charge < -0.3 is 15.0 Å². The number of hydrogen-bond donors (Lipinski definition) is 1. The monoisotopic (exact) mass is 230 g/mol. The van der Waals surface area contributed by atoms with E-state index in [1.165, 1.54) is 5.56 Å². The Hall–Kier alpha value is -1.97. The number of rotatable bonds is 1. The van der Waals surface area contributed by atoms with Crippen LogP contribution in [0.1, 0.15) is 18.9 Å². The van der Waals surface area contributed by atoms with Gasteiger partial charge in [-0.2, -0.15) is 0 Å². The first-order chi connectivity index (χ1) is 8.22. The normalized spacial score (nSPS) is 18.5. The zero-order valence-corrected chi connectivity index (χ0v) is 9.64. The van der Waals surface area contributed by atoms with Crippen LogP contribution in [0.3, 0.4) is 0 Å². The highest BCUT2D eigenvalue weighted by atomic mass is 16.5. The molecule has 0 radical (unpaired) electrons. The van der Waals surface area contributed by atoms with E-state index in [2.05, 4.69) is 18.1 Å². The average molecular weight is 230 g/mol. The van der Waals surface area contributed by atoms with Gasteiger partial charge in [0.15, 0.2) is 0 Å². The maximum atomic E-state index is 5.76. The Morgan fingerprint density at radius 2 is 2.24 bits per heavy atom. The molecule has 2 heterocycles. The summed E-state index contributed by atoms with van der Waals surface area (Å²) in [6.07, 6.45) is 2.39. The number of nitrogen functional groups attached to an aromatic ring is 1. The second-order valence-electron chi connectivity index (χ2n) is 4.40. The van der Waals surface area contributed by atoms with Crippen molar-refractivity contribution in [1.29, 1.82) is 0 Å². The second-order valence-corrected chi connectivity index (χ2v) is 4.40. The van der Waals surface area contributed by atoms with Gasteiger partial charge in [0.05, 0.1) is 6.10 Å². The molecule has 0 saturated carbocycles. The molecule has 1 atom stereocenters. The molecular formula is C13H14N2O2. The molecule has 0 aliphatic carbocycles. The van der Waals surface area contributed by atoms with Crippen LogP contribution in [0.4, 0.5) is 5.88 Å².